The molecule has 1 N–H and O–H groups in total. The van der Waals surface area contributed by atoms with Crippen LogP contribution in [-0.4, -0.2) is 62.3 Å². The Morgan fingerprint density at radius 2 is 2.00 bits per heavy atom. The zero-order valence-electron chi connectivity index (χ0n) is 15.7. The molecule has 0 saturated carbocycles. The number of carbonyl (C=O) groups excluding carboxylic acids is 1. The molecule has 27 heavy (non-hydrogen) atoms. The van der Waals surface area contributed by atoms with E-state index in [-0.39, 0.29) is 24.7 Å². The molecule has 0 aliphatic carbocycles. The lowest BCUT2D eigenvalue weighted by atomic mass is 10.2. The molecule has 2 aromatic rings. The predicted molar refractivity (Wildman–Crippen MR) is 98.4 cm³/mol. The molecule has 2 aromatic heterocycles. The second kappa shape index (κ2) is 7.26. The Morgan fingerprint density at radius 1 is 1.30 bits per heavy atom. The number of rotatable bonds is 3. The van der Waals surface area contributed by atoms with E-state index >= 15 is 0 Å². The highest BCUT2D eigenvalue weighted by Crippen LogP contribution is 2.22. The van der Waals surface area contributed by atoms with E-state index < -0.39 is 5.60 Å². The Kier molecular flexibility index (Phi) is 5.03. The molecule has 0 unspecified atom stereocenters. The van der Waals surface area contributed by atoms with Crippen molar-refractivity contribution in [2.45, 2.75) is 39.3 Å². The zero-order chi connectivity index (χ0) is 19.6. The Hall–Kier alpha value is -3.09. The van der Waals surface area contributed by atoms with Gasteiger partial charge in [0, 0.05) is 32.7 Å². The van der Waals surface area contributed by atoms with Crippen LogP contribution in [0.4, 0.5) is 10.6 Å². The highest BCUT2D eigenvalue weighted by molar-refractivity contribution is 5.83. The van der Waals surface area contributed by atoms with Crippen molar-refractivity contribution < 1.29 is 9.53 Å². The molecule has 1 amide bonds. The third-order valence-electron chi connectivity index (χ3n) is 4.22. The Bertz CT molecular complexity index is 927. The molecule has 1 aliphatic rings. The predicted octanol–water partition coefficient (Wildman–Crippen LogP) is 1.09. The van der Waals surface area contributed by atoms with Crippen molar-refractivity contribution in [2.24, 2.45) is 0 Å². The lowest BCUT2D eigenvalue weighted by Crippen LogP contribution is -2.50. The van der Waals surface area contributed by atoms with Gasteiger partial charge in [0.05, 0.1) is 12.5 Å². The first-order valence-electron chi connectivity index (χ1n) is 8.83. The molecule has 0 aromatic carbocycles. The van der Waals surface area contributed by atoms with Gasteiger partial charge in [-0.3, -0.25) is 4.57 Å². The molecule has 0 spiro atoms. The summed E-state index contributed by atoms with van der Waals surface area (Å²) in [5.41, 5.74) is 0.189. The Morgan fingerprint density at radius 3 is 2.63 bits per heavy atom. The number of aromatic amines is 1. The van der Waals surface area contributed by atoms with Crippen LogP contribution in [0, 0.1) is 11.3 Å². The standard InChI is InChI=1S/C17H23N7O3/c1-17(2,3)27-16(26)23-9-7-22(8-10-23)13-12-14(20-11-19-13)24(6-4-5-18)15(25)21-12/h11H,4,6-10H2,1-3H3,(H,21,25). The number of piperazine rings is 1. The quantitative estimate of drug-likeness (QED) is 0.855. The van der Waals surface area contributed by atoms with Crippen molar-refractivity contribution in [1.29, 1.82) is 5.26 Å². The van der Waals surface area contributed by atoms with E-state index in [0.717, 1.165) is 0 Å². The first-order valence-corrected chi connectivity index (χ1v) is 8.83. The number of nitrogens with one attached hydrogen (secondary N) is 1. The first-order chi connectivity index (χ1) is 12.8. The molecular formula is C17H23N7O3. The monoisotopic (exact) mass is 373 g/mol. The first kappa shape index (κ1) is 18.7. The molecule has 10 nitrogen and oxygen atoms in total. The van der Waals surface area contributed by atoms with Crippen molar-refractivity contribution >= 4 is 23.1 Å². The summed E-state index contributed by atoms with van der Waals surface area (Å²) in [5.74, 6) is 0.622. The number of amides is 1. The van der Waals surface area contributed by atoms with Gasteiger partial charge in [0.1, 0.15) is 17.4 Å². The third kappa shape index (κ3) is 4.02. The Balaban J connectivity index is 1.77. The fourth-order valence-corrected chi connectivity index (χ4v) is 2.99. The fraction of sp³-hybridized carbons (Fsp3) is 0.588. The van der Waals surface area contributed by atoms with E-state index in [2.05, 4.69) is 15.0 Å². The van der Waals surface area contributed by atoms with Crippen molar-refractivity contribution in [3.63, 3.8) is 0 Å². The minimum atomic E-state index is -0.529. The summed E-state index contributed by atoms with van der Waals surface area (Å²) < 4.78 is 6.86. The van der Waals surface area contributed by atoms with Gasteiger partial charge >= 0.3 is 11.8 Å². The maximum atomic E-state index is 12.2. The van der Waals surface area contributed by atoms with Gasteiger partial charge in [0.2, 0.25) is 0 Å². The van der Waals surface area contributed by atoms with Gasteiger partial charge in [-0.2, -0.15) is 5.26 Å². The van der Waals surface area contributed by atoms with Crippen LogP contribution in [-0.2, 0) is 11.3 Å². The highest BCUT2D eigenvalue weighted by Gasteiger charge is 2.27. The summed E-state index contributed by atoms with van der Waals surface area (Å²) in [4.78, 5) is 39.4. The minimum Gasteiger partial charge on any atom is -0.444 e. The van der Waals surface area contributed by atoms with Crippen LogP contribution < -0.4 is 10.6 Å². The van der Waals surface area contributed by atoms with E-state index in [4.69, 9.17) is 10.00 Å². The summed E-state index contributed by atoms with van der Waals surface area (Å²) >= 11 is 0. The lowest BCUT2D eigenvalue weighted by Gasteiger charge is -2.36. The zero-order valence-corrected chi connectivity index (χ0v) is 15.7. The smallest absolute Gasteiger partial charge is 0.410 e. The van der Waals surface area contributed by atoms with Gasteiger partial charge in [-0.15, -0.1) is 0 Å². The number of imidazole rings is 1. The third-order valence-corrected chi connectivity index (χ3v) is 4.22. The van der Waals surface area contributed by atoms with Gasteiger partial charge in [-0.1, -0.05) is 0 Å². The minimum absolute atomic E-state index is 0.223. The Labute approximate surface area is 156 Å². The van der Waals surface area contributed by atoms with Crippen LogP contribution in [0.3, 0.4) is 0 Å². The largest absolute Gasteiger partial charge is 0.444 e. The average Bonchev–Trinajstić information content (AvgIpc) is 2.94. The number of nitriles is 1. The normalized spacial score (nSPS) is 15.0. The van der Waals surface area contributed by atoms with Crippen LogP contribution in [0.15, 0.2) is 11.1 Å². The maximum Gasteiger partial charge on any atom is 0.410 e. The molecular weight excluding hydrogens is 350 g/mol. The maximum absolute atomic E-state index is 12.2. The van der Waals surface area contributed by atoms with Gasteiger partial charge in [0.25, 0.3) is 0 Å². The average molecular weight is 373 g/mol. The number of fused-ring (bicyclic) bond motifs is 1. The highest BCUT2D eigenvalue weighted by atomic mass is 16.6. The molecule has 1 fully saturated rings. The number of carbonyl (C=O) groups is 1. The van der Waals surface area contributed by atoms with Gasteiger partial charge in [-0.05, 0) is 20.8 Å². The molecule has 1 aliphatic heterocycles. The SMILES string of the molecule is CC(C)(C)OC(=O)N1CCN(c2ncnc3c2[nH]c(=O)n3CCC#N)CC1. The van der Waals surface area contributed by atoms with E-state index in [1.807, 2.05) is 31.7 Å². The van der Waals surface area contributed by atoms with Gasteiger partial charge in [-0.25, -0.2) is 19.6 Å². The second-order valence-corrected chi connectivity index (χ2v) is 7.34. The summed E-state index contributed by atoms with van der Waals surface area (Å²) in [6.07, 6.45) is 1.31. The van der Waals surface area contributed by atoms with Crippen molar-refractivity contribution in [3.05, 3.63) is 16.8 Å². The van der Waals surface area contributed by atoms with Crippen LogP contribution in [0.5, 0.6) is 0 Å². The number of hydrogen-bond acceptors (Lipinski definition) is 7. The molecule has 1 saturated heterocycles. The van der Waals surface area contributed by atoms with E-state index in [0.29, 0.717) is 43.2 Å². The van der Waals surface area contributed by atoms with Crippen LogP contribution >= 0.6 is 0 Å². The van der Waals surface area contributed by atoms with Gasteiger partial charge < -0.3 is 19.5 Å². The molecule has 144 valence electrons. The molecule has 0 atom stereocenters. The van der Waals surface area contributed by atoms with Crippen LogP contribution in [0.1, 0.15) is 27.2 Å². The van der Waals surface area contributed by atoms with Crippen molar-refractivity contribution in [3.8, 4) is 6.07 Å². The topological polar surface area (TPSA) is 120 Å². The van der Waals surface area contributed by atoms with Gasteiger partial charge in [0.15, 0.2) is 11.5 Å². The number of nitrogens with zero attached hydrogens (tertiary/aromatic N) is 6. The van der Waals surface area contributed by atoms with E-state index in [1.54, 1.807) is 4.90 Å². The lowest BCUT2D eigenvalue weighted by molar-refractivity contribution is 0.0240. The summed E-state index contributed by atoms with van der Waals surface area (Å²) in [6.45, 7) is 7.93. The van der Waals surface area contributed by atoms with E-state index in [9.17, 15) is 9.59 Å². The fourth-order valence-electron chi connectivity index (χ4n) is 2.99. The number of ether oxygens (including phenoxy) is 1. The number of H-pyrrole nitrogens is 1. The summed E-state index contributed by atoms with van der Waals surface area (Å²) in [6, 6.07) is 2.03. The molecule has 3 heterocycles. The molecule has 0 bridgehead atoms. The van der Waals surface area contributed by atoms with Crippen LogP contribution in [0.2, 0.25) is 0 Å². The molecule has 10 heteroatoms. The van der Waals surface area contributed by atoms with Crippen molar-refractivity contribution in [1.82, 2.24) is 24.4 Å². The number of anilines is 1. The number of aromatic nitrogens is 4. The van der Waals surface area contributed by atoms with Crippen molar-refractivity contribution in [2.75, 3.05) is 31.1 Å². The molecule has 0 radical (unpaired) electrons. The second-order valence-electron chi connectivity index (χ2n) is 7.34. The van der Waals surface area contributed by atoms with E-state index in [1.165, 1.54) is 10.9 Å². The number of hydrogen-bond donors (Lipinski definition) is 1. The summed E-state index contributed by atoms with van der Waals surface area (Å²) in [7, 11) is 0. The summed E-state index contributed by atoms with van der Waals surface area (Å²) in [5, 5.41) is 8.77. The van der Waals surface area contributed by atoms with Crippen LogP contribution in [0.25, 0.3) is 11.2 Å². The number of aryl methyl sites for hydroxylation is 1. The molecule has 3 rings (SSSR count).